The minimum atomic E-state index is 0.294. The monoisotopic (exact) mass is 305 g/mol. The number of carbonyl (C=O) groups is 1. The largest absolute Gasteiger partial charge is 0.361 e. The van der Waals surface area contributed by atoms with Crippen molar-refractivity contribution in [3.63, 3.8) is 0 Å². The van der Waals surface area contributed by atoms with Crippen molar-refractivity contribution in [2.45, 2.75) is 52.5 Å². The molecular formula is C17H27N3O2. The highest BCUT2D eigenvalue weighted by molar-refractivity contribution is 5.79. The second-order valence-corrected chi connectivity index (χ2v) is 6.74. The number of carbonyl (C=O) groups excluding carboxylic acids is 1. The van der Waals surface area contributed by atoms with E-state index in [0.29, 0.717) is 11.8 Å². The minimum Gasteiger partial charge on any atom is -0.361 e. The number of hydrogen-bond donors (Lipinski definition) is 0. The molecule has 1 aromatic heterocycles. The number of amides is 1. The highest BCUT2D eigenvalue weighted by atomic mass is 16.5. The summed E-state index contributed by atoms with van der Waals surface area (Å²) in [7, 11) is 0. The van der Waals surface area contributed by atoms with Crippen LogP contribution in [-0.2, 0) is 11.3 Å². The average molecular weight is 305 g/mol. The van der Waals surface area contributed by atoms with Crippen LogP contribution in [0.4, 0.5) is 0 Å². The Morgan fingerprint density at radius 1 is 1.14 bits per heavy atom. The second-order valence-electron chi connectivity index (χ2n) is 6.74. The fourth-order valence-corrected chi connectivity index (χ4v) is 3.69. The van der Waals surface area contributed by atoms with Crippen molar-refractivity contribution in [2.24, 2.45) is 5.92 Å². The molecule has 1 amide bonds. The van der Waals surface area contributed by atoms with E-state index in [1.807, 2.05) is 13.8 Å². The van der Waals surface area contributed by atoms with Crippen LogP contribution in [0.15, 0.2) is 4.52 Å². The maximum atomic E-state index is 12.6. The van der Waals surface area contributed by atoms with Gasteiger partial charge in [0.25, 0.3) is 0 Å². The molecule has 1 saturated carbocycles. The van der Waals surface area contributed by atoms with Crippen LogP contribution in [0.25, 0.3) is 0 Å². The fourth-order valence-electron chi connectivity index (χ4n) is 3.69. The quantitative estimate of drug-likeness (QED) is 0.861. The molecule has 0 N–H and O–H groups in total. The van der Waals surface area contributed by atoms with Crippen molar-refractivity contribution in [1.82, 2.24) is 15.0 Å². The lowest BCUT2D eigenvalue weighted by Crippen LogP contribution is -2.50. The fraction of sp³-hybridized carbons (Fsp3) is 0.765. The third kappa shape index (κ3) is 3.35. The van der Waals surface area contributed by atoms with Gasteiger partial charge in [-0.3, -0.25) is 9.69 Å². The molecule has 0 unspecified atom stereocenters. The summed E-state index contributed by atoms with van der Waals surface area (Å²) >= 11 is 0. The molecule has 5 nitrogen and oxygen atoms in total. The van der Waals surface area contributed by atoms with E-state index in [1.54, 1.807) is 0 Å². The highest BCUT2D eigenvalue weighted by Crippen LogP contribution is 2.26. The molecule has 1 aliphatic carbocycles. The molecule has 0 bridgehead atoms. The predicted molar refractivity (Wildman–Crippen MR) is 84.4 cm³/mol. The lowest BCUT2D eigenvalue weighted by Gasteiger charge is -2.37. The van der Waals surface area contributed by atoms with Gasteiger partial charge >= 0.3 is 0 Å². The Morgan fingerprint density at radius 3 is 2.41 bits per heavy atom. The van der Waals surface area contributed by atoms with Gasteiger partial charge in [0, 0.05) is 44.2 Å². The number of rotatable bonds is 3. The first-order valence-corrected chi connectivity index (χ1v) is 8.58. The molecule has 2 heterocycles. The van der Waals surface area contributed by atoms with Crippen LogP contribution in [-0.4, -0.2) is 47.0 Å². The van der Waals surface area contributed by atoms with E-state index in [4.69, 9.17) is 4.52 Å². The van der Waals surface area contributed by atoms with Crippen molar-refractivity contribution in [1.29, 1.82) is 0 Å². The lowest BCUT2D eigenvalue weighted by molar-refractivity contribution is -0.138. The van der Waals surface area contributed by atoms with E-state index in [0.717, 1.165) is 57.0 Å². The maximum absolute atomic E-state index is 12.6. The molecule has 0 spiro atoms. The van der Waals surface area contributed by atoms with Gasteiger partial charge in [-0.05, 0) is 26.7 Å². The molecule has 22 heavy (non-hydrogen) atoms. The normalized spacial score (nSPS) is 21.3. The van der Waals surface area contributed by atoms with Crippen molar-refractivity contribution >= 4 is 5.91 Å². The van der Waals surface area contributed by atoms with Gasteiger partial charge in [-0.15, -0.1) is 0 Å². The molecule has 0 aromatic carbocycles. The Balaban J connectivity index is 1.51. The van der Waals surface area contributed by atoms with Gasteiger partial charge < -0.3 is 9.42 Å². The number of aryl methyl sites for hydroxylation is 2. The Hall–Kier alpha value is -1.36. The number of hydrogen-bond acceptors (Lipinski definition) is 4. The Kier molecular flexibility index (Phi) is 4.81. The van der Waals surface area contributed by atoms with Gasteiger partial charge in [0.1, 0.15) is 5.76 Å². The minimum absolute atomic E-state index is 0.294. The molecule has 1 aliphatic heterocycles. The van der Waals surface area contributed by atoms with Crippen LogP contribution in [0.2, 0.25) is 0 Å². The van der Waals surface area contributed by atoms with Gasteiger partial charge in [0.15, 0.2) is 0 Å². The zero-order valence-corrected chi connectivity index (χ0v) is 13.8. The van der Waals surface area contributed by atoms with Crippen LogP contribution in [0.3, 0.4) is 0 Å². The summed E-state index contributed by atoms with van der Waals surface area (Å²) in [5.41, 5.74) is 2.19. The van der Waals surface area contributed by atoms with E-state index in [9.17, 15) is 4.79 Å². The number of nitrogens with zero attached hydrogens (tertiary/aromatic N) is 3. The Bertz CT molecular complexity index is 492. The van der Waals surface area contributed by atoms with Gasteiger partial charge in [-0.1, -0.05) is 24.4 Å². The highest BCUT2D eigenvalue weighted by Gasteiger charge is 2.28. The molecule has 0 atom stereocenters. The summed E-state index contributed by atoms with van der Waals surface area (Å²) in [5, 5.41) is 4.02. The van der Waals surface area contributed by atoms with Crippen LogP contribution < -0.4 is 0 Å². The third-order valence-electron chi connectivity index (χ3n) is 5.20. The van der Waals surface area contributed by atoms with E-state index in [1.165, 1.54) is 24.8 Å². The summed E-state index contributed by atoms with van der Waals surface area (Å²) < 4.78 is 5.23. The molecule has 0 radical (unpaired) electrons. The molecule has 2 fully saturated rings. The van der Waals surface area contributed by atoms with E-state index < -0.39 is 0 Å². The first-order chi connectivity index (χ1) is 10.6. The van der Waals surface area contributed by atoms with Crippen molar-refractivity contribution in [3.05, 3.63) is 17.0 Å². The predicted octanol–water partition coefficient (Wildman–Crippen LogP) is 2.52. The summed E-state index contributed by atoms with van der Waals surface area (Å²) in [6.45, 7) is 8.46. The summed E-state index contributed by atoms with van der Waals surface area (Å²) in [5.74, 6) is 1.61. The molecule has 122 valence electrons. The standard InChI is InChI=1S/C17H27N3O2/c1-13-16(14(2)22-18-13)12-19-8-10-20(11-9-19)17(21)15-6-4-3-5-7-15/h15H,3-12H2,1-2H3. The molecule has 1 saturated heterocycles. The van der Waals surface area contributed by atoms with Crippen molar-refractivity contribution in [3.8, 4) is 0 Å². The smallest absolute Gasteiger partial charge is 0.225 e. The SMILES string of the molecule is Cc1noc(C)c1CN1CCN(C(=O)C2CCCCC2)CC1. The summed E-state index contributed by atoms with van der Waals surface area (Å²) in [6.07, 6.45) is 5.94. The maximum Gasteiger partial charge on any atom is 0.225 e. The van der Waals surface area contributed by atoms with E-state index in [-0.39, 0.29) is 0 Å². The zero-order valence-electron chi connectivity index (χ0n) is 13.8. The van der Waals surface area contributed by atoms with Gasteiger partial charge in [-0.2, -0.15) is 0 Å². The topological polar surface area (TPSA) is 49.6 Å². The van der Waals surface area contributed by atoms with Crippen LogP contribution in [0.1, 0.15) is 49.1 Å². The molecular weight excluding hydrogens is 278 g/mol. The first kappa shape index (κ1) is 15.5. The molecule has 2 aliphatic rings. The van der Waals surface area contributed by atoms with Crippen molar-refractivity contribution < 1.29 is 9.32 Å². The molecule has 3 rings (SSSR count). The average Bonchev–Trinajstić information content (AvgIpc) is 2.88. The van der Waals surface area contributed by atoms with E-state index in [2.05, 4.69) is 15.0 Å². The summed E-state index contributed by atoms with van der Waals surface area (Å²) in [6, 6.07) is 0. The van der Waals surface area contributed by atoms with Crippen LogP contribution in [0.5, 0.6) is 0 Å². The van der Waals surface area contributed by atoms with Crippen LogP contribution >= 0.6 is 0 Å². The molecule has 1 aromatic rings. The Labute approximate surface area is 132 Å². The van der Waals surface area contributed by atoms with Gasteiger partial charge in [0.05, 0.1) is 5.69 Å². The van der Waals surface area contributed by atoms with Crippen LogP contribution in [0, 0.1) is 19.8 Å². The zero-order chi connectivity index (χ0) is 15.5. The van der Waals surface area contributed by atoms with Crippen molar-refractivity contribution in [2.75, 3.05) is 26.2 Å². The number of piperazine rings is 1. The lowest BCUT2D eigenvalue weighted by atomic mass is 9.88. The van der Waals surface area contributed by atoms with Gasteiger partial charge in [-0.25, -0.2) is 0 Å². The first-order valence-electron chi connectivity index (χ1n) is 8.58. The summed E-state index contributed by atoms with van der Waals surface area (Å²) in [4.78, 5) is 17.1. The second kappa shape index (κ2) is 6.82. The molecule has 5 heteroatoms. The number of aromatic nitrogens is 1. The van der Waals surface area contributed by atoms with E-state index >= 15 is 0 Å². The van der Waals surface area contributed by atoms with Gasteiger partial charge in [0.2, 0.25) is 5.91 Å². The third-order valence-corrected chi connectivity index (χ3v) is 5.20. The Morgan fingerprint density at radius 2 is 1.82 bits per heavy atom.